The number of ether oxygens (including phenoxy) is 2. The van der Waals surface area contributed by atoms with Crippen LogP contribution in [0.25, 0.3) is 0 Å². The molecule has 1 aliphatic heterocycles. The highest BCUT2D eigenvalue weighted by Crippen LogP contribution is 2.12. The molecule has 0 amide bonds. The summed E-state index contributed by atoms with van der Waals surface area (Å²) in [6.07, 6.45) is 4.14. The molecule has 0 aromatic heterocycles. The molecule has 1 unspecified atom stereocenters. The smallest absolute Gasteiger partial charge is 0.314 e. The maximum absolute atomic E-state index is 11.8. The highest BCUT2D eigenvalue weighted by molar-refractivity contribution is 5.72. The van der Waals surface area contributed by atoms with Crippen molar-refractivity contribution < 1.29 is 19.2 Å². The van der Waals surface area contributed by atoms with Gasteiger partial charge in [-0.2, -0.15) is 5.26 Å². The van der Waals surface area contributed by atoms with E-state index in [9.17, 15) is 4.79 Å². The molecular formula is C19H27N2O3+. The van der Waals surface area contributed by atoms with Gasteiger partial charge in [0, 0.05) is 0 Å². The van der Waals surface area contributed by atoms with Gasteiger partial charge in [-0.25, -0.2) is 0 Å². The minimum absolute atomic E-state index is 0.0288. The third-order valence-corrected chi connectivity index (χ3v) is 4.41. The average molecular weight is 331 g/mol. The van der Waals surface area contributed by atoms with Crippen LogP contribution < -0.4 is 9.64 Å². The fraction of sp³-hybridized carbons (Fsp3) is 0.579. The van der Waals surface area contributed by atoms with Crippen LogP contribution in [0.1, 0.15) is 38.2 Å². The minimum Gasteiger partial charge on any atom is -0.494 e. The lowest BCUT2D eigenvalue weighted by molar-refractivity contribution is -0.907. The van der Waals surface area contributed by atoms with Crippen molar-refractivity contribution in [3.8, 4) is 11.8 Å². The monoisotopic (exact) mass is 331 g/mol. The Hall–Kier alpha value is -2.06. The van der Waals surface area contributed by atoms with Gasteiger partial charge in [-0.05, 0) is 56.9 Å². The number of benzene rings is 1. The summed E-state index contributed by atoms with van der Waals surface area (Å²) < 4.78 is 10.8. The van der Waals surface area contributed by atoms with Crippen molar-refractivity contribution in [2.75, 3.05) is 32.8 Å². The average Bonchev–Trinajstić information content (AvgIpc) is 2.62. The van der Waals surface area contributed by atoms with Crippen molar-refractivity contribution in [2.24, 2.45) is 5.92 Å². The maximum Gasteiger partial charge on any atom is 0.314 e. The van der Waals surface area contributed by atoms with E-state index in [1.165, 1.54) is 4.90 Å². The van der Waals surface area contributed by atoms with Crippen molar-refractivity contribution >= 4 is 5.97 Å². The number of esters is 1. The van der Waals surface area contributed by atoms with Gasteiger partial charge in [0.25, 0.3) is 0 Å². The van der Waals surface area contributed by atoms with E-state index in [0.717, 1.165) is 51.1 Å². The fourth-order valence-electron chi connectivity index (χ4n) is 3.13. The second-order valence-corrected chi connectivity index (χ2v) is 6.24. The van der Waals surface area contributed by atoms with Crippen LogP contribution in [0.15, 0.2) is 24.3 Å². The van der Waals surface area contributed by atoms with Gasteiger partial charge in [-0.3, -0.25) is 4.79 Å². The minimum atomic E-state index is -0.0288. The van der Waals surface area contributed by atoms with Crippen LogP contribution >= 0.6 is 0 Å². The Morgan fingerprint density at radius 1 is 1.33 bits per heavy atom. The van der Waals surface area contributed by atoms with E-state index < -0.39 is 0 Å². The Bertz CT molecular complexity index is 551. The molecule has 5 heteroatoms. The number of hydrogen-bond acceptors (Lipinski definition) is 4. The summed E-state index contributed by atoms with van der Waals surface area (Å²) in [5, 5.41) is 8.76. The van der Waals surface area contributed by atoms with E-state index in [-0.39, 0.29) is 11.9 Å². The van der Waals surface area contributed by atoms with Crippen molar-refractivity contribution in [1.82, 2.24) is 0 Å². The molecule has 2 rings (SSSR count). The summed E-state index contributed by atoms with van der Waals surface area (Å²) in [6.45, 7) is 6.13. The molecule has 2 atom stereocenters. The Morgan fingerprint density at radius 3 is 2.83 bits per heavy atom. The quantitative estimate of drug-likeness (QED) is 0.580. The molecule has 1 aliphatic rings. The summed E-state index contributed by atoms with van der Waals surface area (Å²) in [6, 6.07) is 9.29. The van der Waals surface area contributed by atoms with Crippen LogP contribution in [0.4, 0.5) is 0 Å². The molecule has 1 aromatic carbocycles. The summed E-state index contributed by atoms with van der Waals surface area (Å²) >= 11 is 0. The molecule has 1 fully saturated rings. The topological polar surface area (TPSA) is 63.8 Å². The van der Waals surface area contributed by atoms with Crippen molar-refractivity contribution in [1.29, 1.82) is 5.26 Å². The van der Waals surface area contributed by atoms with Crippen molar-refractivity contribution in [3.05, 3.63) is 29.8 Å². The lowest BCUT2D eigenvalue weighted by Gasteiger charge is -2.28. The number of piperidine rings is 1. The predicted octanol–water partition coefficient (Wildman–Crippen LogP) is 1.58. The Labute approximate surface area is 144 Å². The number of quaternary nitrogens is 1. The van der Waals surface area contributed by atoms with Gasteiger partial charge in [0.05, 0.1) is 44.5 Å². The number of unbranched alkanes of at least 4 members (excludes halogenated alkanes) is 1. The largest absolute Gasteiger partial charge is 0.494 e. The SMILES string of the molecule is CCOC(=O)[C@@H]1CCC[NH+](CCCCOc2ccc(C#N)cc2)C1. The molecule has 1 N–H and O–H groups in total. The van der Waals surface area contributed by atoms with Gasteiger partial charge < -0.3 is 14.4 Å². The molecule has 0 aliphatic carbocycles. The molecule has 130 valence electrons. The fourth-order valence-corrected chi connectivity index (χ4v) is 3.13. The number of rotatable bonds is 8. The Morgan fingerprint density at radius 2 is 2.12 bits per heavy atom. The number of likely N-dealkylation sites (tertiary alicyclic amines) is 1. The first-order valence-electron chi connectivity index (χ1n) is 8.86. The number of carbonyl (C=O) groups excluding carboxylic acids is 1. The molecule has 1 aromatic rings. The number of carbonyl (C=O) groups is 1. The van der Waals surface area contributed by atoms with Crippen molar-refractivity contribution in [3.63, 3.8) is 0 Å². The standard InChI is InChI=1S/C19H26N2O3/c1-2-23-19(22)17-6-5-12-21(15-17)11-3-4-13-24-18-9-7-16(14-20)8-10-18/h7-10,17H,2-6,11-13,15H2,1H3/p+1/t17-/m1/s1. The number of nitrogens with zero attached hydrogens (tertiary/aromatic N) is 1. The van der Waals surface area contributed by atoms with Crippen LogP contribution in [-0.4, -0.2) is 38.8 Å². The second-order valence-electron chi connectivity index (χ2n) is 6.24. The molecule has 1 heterocycles. The molecule has 0 bridgehead atoms. The molecule has 0 radical (unpaired) electrons. The lowest BCUT2D eigenvalue weighted by atomic mass is 9.98. The van der Waals surface area contributed by atoms with Crippen LogP contribution in [0.3, 0.4) is 0 Å². The molecule has 0 saturated carbocycles. The van der Waals surface area contributed by atoms with Crippen LogP contribution in [0.2, 0.25) is 0 Å². The number of nitrogens with one attached hydrogen (secondary N) is 1. The van der Waals surface area contributed by atoms with Gasteiger partial charge in [0.2, 0.25) is 0 Å². The van der Waals surface area contributed by atoms with E-state index >= 15 is 0 Å². The highest BCUT2D eigenvalue weighted by Gasteiger charge is 2.29. The van der Waals surface area contributed by atoms with Crippen LogP contribution in [0, 0.1) is 17.2 Å². The van der Waals surface area contributed by atoms with Gasteiger partial charge in [-0.15, -0.1) is 0 Å². The molecular weight excluding hydrogens is 304 g/mol. The number of nitriles is 1. The van der Waals surface area contributed by atoms with Crippen molar-refractivity contribution in [2.45, 2.75) is 32.6 Å². The van der Waals surface area contributed by atoms with E-state index in [1.807, 2.05) is 19.1 Å². The highest BCUT2D eigenvalue weighted by atomic mass is 16.5. The molecule has 24 heavy (non-hydrogen) atoms. The molecule has 1 saturated heterocycles. The Kier molecular flexibility index (Phi) is 7.57. The van der Waals surface area contributed by atoms with E-state index in [0.29, 0.717) is 18.8 Å². The van der Waals surface area contributed by atoms with Crippen LogP contribution in [-0.2, 0) is 9.53 Å². The maximum atomic E-state index is 11.8. The first-order chi connectivity index (χ1) is 11.7. The molecule has 0 spiro atoms. The van der Waals surface area contributed by atoms with Crippen LogP contribution in [0.5, 0.6) is 5.75 Å². The third-order valence-electron chi connectivity index (χ3n) is 4.41. The zero-order valence-corrected chi connectivity index (χ0v) is 14.4. The van der Waals surface area contributed by atoms with Gasteiger partial charge in [-0.1, -0.05) is 0 Å². The lowest BCUT2D eigenvalue weighted by Crippen LogP contribution is -3.13. The Balaban J connectivity index is 1.61. The van der Waals surface area contributed by atoms with E-state index in [4.69, 9.17) is 14.7 Å². The van der Waals surface area contributed by atoms with E-state index in [2.05, 4.69) is 6.07 Å². The summed E-state index contributed by atoms with van der Waals surface area (Å²) in [4.78, 5) is 13.3. The summed E-state index contributed by atoms with van der Waals surface area (Å²) in [5.41, 5.74) is 0.646. The van der Waals surface area contributed by atoms with E-state index in [1.54, 1.807) is 12.1 Å². The summed E-state index contributed by atoms with van der Waals surface area (Å²) in [5.74, 6) is 0.851. The number of hydrogen-bond donors (Lipinski definition) is 1. The zero-order chi connectivity index (χ0) is 17.2. The van der Waals surface area contributed by atoms with Gasteiger partial charge >= 0.3 is 5.97 Å². The molecule has 5 nitrogen and oxygen atoms in total. The predicted molar refractivity (Wildman–Crippen MR) is 90.8 cm³/mol. The summed E-state index contributed by atoms with van der Waals surface area (Å²) in [7, 11) is 0. The third kappa shape index (κ3) is 5.86. The van der Waals surface area contributed by atoms with Gasteiger partial charge in [0.15, 0.2) is 0 Å². The first-order valence-corrected chi connectivity index (χ1v) is 8.86. The first kappa shape index (κ1) is 18.3. The second kappa shape index (κ2) is 9.94. The van der Waals surface area contributed by atoms with Gasteiger partial charge in [0.1, 0.15) is 11.7 Å². The zero-order valence-electron chi connectivity index (χ0n) is 14.4. The normalized spacial score (nSPS) is 20.2.